The Hall–Kier alpha value is -0.690. The highest BCUT2D eigenvalue weighted by atomic mass is 35.5. The minimum Gasteiger partial charge on any atom is -1.00 e. The molecular weight excluding hydrogens is 414 g/mol. The zero-order chi connectivity index (χ0) is 20.9. The van der Waals surface area contributed by atoms with Crippen LogP contribution in [0.5, 0.6) is 0 Å². The van der Waals surface area contributed by atoms with E-state index in [1.165, 1.54) is 41.8 Å². The smallest absolute Gasteiger partial charge is 0.201 e. The van der Waals surface area contributed by atoms with E-state index in [0.29, 0.717) is 23.7 Å². The Morgan fingerprint density at radius 3 is 2.55 bits per heavy atom. The lowest BCUT2D eigenvalue weighted by Crippen LogP contribution is -3.00. The fourth-order valence-corrected chi connectivity index (χ4v) is 6.58. The number of hydrogen-bond acceptors (Lipinski definition) is 4. The maximum Gasteiger partial charge on any atom is 0.201 e. The largest absolute Gasteiger partial charge is 1.00 e. The fourth-order valence-electron chi connectivity index (χ4n) is 6.58. The Morgan fingerprint density at radius 1 is 1.03 bits per heavy atom. The number of ether oxygens (including phenoxy) is 2. The first kappa shape index (κ1) is 23.5. The minimum absolute atomic E-state index is 0. The standard InChI is InChI=1S/C25H37NO4.ClH/c1-17-8-13-22-19(7-5-6-18-9-11-20(12-10-18)26(3)4)16-27-23-25(22)21(17)14-15-24(2,28-23)29-30-25;/h9-12,17,19,21-23H,5-8,13-16H2,1-4H3;1H/t17-,19+,21+,22+,23-,24?,25?;/m1./s1. The van der Waals surface area contributed by atoms with Crippen LogP contribution in [-0.2, 0) is 25.7 Å². The van der Waals surface area contributed by atoms with Gasteiger partial charge in [-0.05, 0) is 80.9 Å². The Labute approximate surface area is 193 Å². The maximum atomic E-state index is 6.36. The molecule has 6 heteroatoms. The summed E-state index contributed by atoms with van der Waals surface area (Å²) in [6, 6.07) is 9.06. The number of aryl methyl sites for hydroxylation is 1. The number of fused-ring (bicyclic) bond motifs is 2. The van der Waals surface area contributed by atoms with E-state index in [9.17, 15) is 0 Å². The number of benzene rings is 1. The van der Waals surface area contributed by atoms with Crippen molar-refractivity contribution in [2.75, 3.05) is 20.7 Å². The lowest BCUT2D eigenvalue weighted by atomic mass is 9.57. The van der Waals surface area contributed by atoms with E-state index in [1.54, 1.807) is 0 Å². The van der Waals surface area contributed by atoms with Crippen LogP contribution in [0.3, 0.4) is 0 Å². The van der Waals surface area contributed by atoms with Crippen molar-refractivity contribution in [1.29, 1.82) is 0 Å². The van der Waals surface area contributed by atoms with Gasteiger partial charge in [-0.25, -0.2) is 9.78 Å². The van der Waals surface area contributed by atoms with Crippen LogP contribution in [0, 0.1) is 23.7 Å². The summed E-state index contributed by atoms with van der Waals surface area (Å²) in [5.74, 6) is 1.38. The minimum atomic E-state index is -0.662. The van der Waals surface area contributed by atoms with Gasteiger partial charge in [-0.3, -0.25) is 0 Å². The molecule has 2 unspecified atom stereocenters. The van der Waals surface area contributed by atoms with Crippen LogP contribution in [0.1, 0.15) is 57.9 Å². The molecule has 31 heavy (non-hydrogen) atoms. The van der Waals surface area contributed by atoms with Gasteiger partial charge in [0.1, 0.15) is 5.69 Å². The number of rotatable bonds is 5. The van der Waals surface area contributed by atoms with Gasteiger partial charge in [-0.1, -0.05) is 19.1 Å². The van der Waals surface area contributed by atoms with Gasteiger partial charge < -0.3 is 26.8 Å². The van der Waals surface area contributed by atoms with Crippen LogP contribution >= 0.6 is 0 Å². The molecule has 5 aliphatic rings. The van der Waals surface area contributed by atoms with E-state index in [2.05, 4.69) is 45.3 Å². The molecule has 4 heterocycles. The van der Waals surface area contributed by atoms with Gasteiger partial charge >= 0.3 is 0 Å². The van der Waals surface area contributed by atoms with Crippen molar-refractivity contribution in [2.45, 2.75) is 76.5 Å². The van der Waals surface area contributed by atoms with E-state index in [1.807, 2.05) is 6.92 Å². The highest BCUT2D eigenvalue weighted by Crippen LogP contribution is 2.60. The van der Waals surface area contributed by atoms with Crippen molar-refractivity contribution in [3.05, 3.63) is 29.8 Å². The van der Waals surface area contributed by atoms with Crippen LogP contribution in [0.25, 0.3) is 0 Å². The molecule has 1 aromatic carbocycles. The highest BCUT2D eigenvalue weighted by Gasteiger charge is 2.68. The lowest BCUT2D eigenvalue weighted by molar-refractivity contribution is -0.786. The van der Waals surface area contributed by atoms with Gasteiger partial charge in [0.25, 0.3) is 0 Å². The SMILES string of the molecule is C[C@@H]1CC[C@H]2[C@@H](CCCc3ccc([NH+](C)C)cc3)CO[C@@H]3OC4(C)CC[C@@H]1C32OO4.[Cl-]. The molecule has 1 saturated carbocycles. The van der Waals surface area contributed by atoms with Gasteiger partial charge in [0.2, 0.25) is 5.79 Å². The topological polar surface area (TPSA) is 41.4 Å². The monoisotopic (exact) mass is 451 g/mol. The number of halogens is 1. The van der Waals surface area contributed by atoms with E-state index >= 15 is 0 Å². The van der Waals surface area contributed by atoms with Gasteiger partial charge in [-0.2, -0.15) is 0 Å². The Bertz CT molecular complexity index is 758. The summed E-state index contributed by atoms with van der Waals surface area (Å²) in [7, 11) is 4.33. The third-order valence-electron chi connectivity index (χ3n) is 8.38. The quantitative estimate of drug-likeness (QED) is 0.667. The Balaban J connectivity index is 0.00000231. The first-order valence-electron chi connectivity index (χ1n) is 12.0. The summed E-state index contributed by atoms with van der Waals surface area (Å²) in [5, 5.41) is 0. The van der Waals surface area contributed by atoms with Crippen molar-refractivity contribution in [3.8, 4) is 0 Å². The molecular formula is C25H38ClNO4. The first-order chi connectivity index (χ1) is 14.4. The molecule has 0 radical (unpaired) electrons. The predicted molar refractivity (Wildman–Crippen MR) is 114 cm³/mol. The van der Waals surface area contributed by atoms with Gasteiger partial charge in [-0.15, -0.1) is 0 Å². The fraction of sp³-hybridized carbons (Fsp3) is 0.760. The average Bonchev–Trinajstić information content (AvgIpc) is 2.97. The third-order valence-corrected chi connectivity index (χ3v) is 8.38. The molecule has 7 atom stereocenters. The summed E-state index contributed by atoms with van der Waals surface area (Å²) in [6.07, 6.45) is 7.62. The Morgan fingerprint density at radius 2 is 1.81 bits per heavy atom. The molecule has 1 aromatic rings. The third kappa shape index (κ3) is 4.07. The van der Waals surface area contributed by atoms with E-state index in [0.717, 1.165) is 25.9 Å². The van der Waals surface area contributed by atoms with Gasteiger partial charge in [0.15, 0.2) is 11.9 Å². The molecule has 0 amide bonds. The first-order valence-corrected chi connectivity index (χ1v) is 12.0. The normalized spacial score (nSPS) is 41.4. The molecule has 1 N–H and O–H groups in total. The molecule has 5 fully saturated rings. The van der Waals surface area contributed by atoms with E-state index < -0.39 is 11.4 Å². The molecule has 4 saturated heterocycles. The number of nitrogens with one attached hydrogen (secondary N) is 1. The number of quaternary nitrogens is 1. The molecule has 6 rings (SSSR count). The summed E-state index contributed by atoms with van der Waals surface area (Å²) < 4.78 is 12.7. The number of hydrogen-bond donors (Lipinski definition) is 1. The van der Waals surface area contributed by atoms with Gasteiger partial charge in [0, 0.05) is 12.3 Å². The predicted octanol–water partition coefficient (Wildman–Crippen LogP) is 0.651. The van der Waals surface area contributed by atoms with Crippen molar-refractivity contribution in [3.63, 3.8) is 0 Å². The summed E-state index contributed by atoms with van der Waals surface area (Å²) in [5.41, 5.74) is 2.34. The van der Waals surface area contributed by atoms with Crippen LogP contribution in [-0.4, -0.2) is 38.4 Å². The summed E-state index contributed by atoms with van der Waals surface area (Å²) >= 11 is 0. The van der Waals surface area contributed by atoms with Crippen molar-refractivity contribution in [2.24, 2.45) is 23.7 Å². The molecule has 4 aliphatic heterocycles. The second-order valence-electron chi connectivity index (χ2n) is 10.6. The molecule has 2 bridgehead atoms. The zero-order valence-electron chi connectivity index (χ0n) is 19.4. The molecule has 1 aliphatic carbocycles. The van der Waals surface area contributed by atoms with Crippen LogP contribution < -0.4 is 17.3 Å². The van der Waals surface area contributed by atoms with Crippen LogP contribution in [0.15, 0.2) is 24.3 Å². The molecule has 1 spiro atoms. The highest BCUT2D eigenvalue weighted by molar-refractivity contribution is 5.32. The second-order valence-corrected chi connectivity index (χ2v) is 10.6. The summed E-state index contributed by atoms with van der Waals surface area (Å²) in [4.78, 5) is 13.6. The average molecular weight is 452 g/mol. The van der Waals surface area contributed by atoms with Crippen molar-refractivity contribution >= 4 is 5.69 Å². The van der Waals surface area contributed by atoms with E-state index in [-0.39, 0.29) is 18.7 Å². The summed E-state index contributed by atoms with van der Waals surface area (Å²) in [6.45, 7) is 5.15. The Kier molecular flexibility index (Phi) is 6.75. The van der Waals surface area contributed by atoms with Crippen molar-refractivity contribution < 1.29 is 36.6 Å². The van der Waals surface area contributed by atoms with E-state index in [4.69, 9.17) is 19.2 Å². The lowest BCUT2D eigenvalue weighted by Gasteiger charge is -2.59. The maximum absolute atomic E-state index is 6.36. The van der Waals surface area contributed by atoms with Crippen molar-refractivity contribution in [1.82, 2.24) is 0 Å². The molecule has 0 aromatic heterocycles. The zero-order valence-corrected chi connectivity index (χ0v) is 20.1. The second kappa shape index (κ2) is 8.92. The van der Waals surface area contributed by atoms with Gasteiger partial charge in [0.05, 0.1) is 20.7 Å². The molecule has 174 valence electrons. The molecule has 5 nitrogen and oxygen atoms in total. The van der Waals surface area contributed by atoms with Crippen LogP contribution in [0.4, 0.5) is 5.69 Å². The van der Waals surface area contributed by atoms with Crippen LogP contribution in [0.2, 0.25) is 0 Å².